The SMILES string of the molecule is CCCNc1nc(C(OCC)C2CC2)nc2c1CSC2. The largest absolute Gasteiger partial charge is 0.370 e. The fourth-order valence-electron chi connectivity index (χ4n) is 2.59. The zero-order valence-corrected chi connectivity index (χ0v) is 13.1. The van der Waals surface area contributed by atoms with E-state index in [1.807, 2.05) is 11.8 Å². The third-order valence-corrected chi connectivity index (χ3v) is 4.76. The Balaban J connectivity index is 1.90. The Morgan fingerprint density at radius 1 is 1.30 bits per heavy atom. The lowest BCUT2D eigenvalue weighted by Gasteiger charge is -2.18. The zero-order valence-electron chi connectivity index (χ0n) is 12.3. The minimum atomic E-state index is 0.0954. The first-order valence-corrected chi connectivity index (χ1v) is 8.81. The molecule has 1 unspecified atom stereocenters. The molecule has 1 aromatic heterocycles. The molecule has 2 aliphatic rings. The molecule has 0 amide bonds. The predicted molar refractivity (Wildman–Crippen MR) is 82.9 cm³/mol. The van der Waals surface area contributed by atoms with E-state index in [4.69, 9.17) is 14.7 Å². The van der Waals surface area contributed by atoms with Crippen molar-refractivity contribution in [3.8, 4) is 0 Å². The molecule has 3 rings (SSSR count). The maximum absolute atomic E-state index is 5.91. The van der Waals surface area contributed by atoms with Crippen LogP contribution in [0.4, 0.5) is 5.82 Å². The van der Waals surface area contributed by atoms with Crippen molar-refractivity contribution in [1.82, 2.24) is 9.97 Å². The van der Waals surface area contributed by atoms with Crippen molar-refractivity contribution < 1.29 is 4.74 Å². The highest BCUT2D eigenvalue weighted by molar-refractivity contribution is 7.98. The highest BCUT2D eigenvalue weighted by Crippen LogP contribution is 2.43. The number of rotatable bonds is 7. The van der Waals surface area contributed by atoms with Gasteiger partial charge in [0.05, 0.1) is 5.69 Å². The van der Waals surface area contributed by atoms with E-state index in [-0.39, 0.29) is 6.10 Å². The summed E-state index contributed by atoms with van der Waals surface area (Å²) in [5.74, 6) is 4.61. The first-order chi connectivity index (χ1) is 9.83. The van der Waals surface area contributed by atoms with Gasteiger partial charge in [-0.1, -0.05) is 6.92 Å². The van der Waals surface area contributed by atoms with Gasteiger partial charge in [-0.15, -0.1) is 0 Å². The van der Waals surface area contributed by atoms with Gasteiger partial charge in [0.25, 0.3) is 0 Å². The molecule has 0 aromatic carbocycles. The summed E-state index contributed by atoms with van der Waals surface area (Å²) in [6.07, 6.45) is 3.70. The van der Waals surface area contributed by atoms with Gasteiger partial charge in [0.1, 0.15) is 11.9 Å². The Morgan fingerprint density at radius 3 is 2.85 bits per heavy atom. The number of nitrogens with one attached hydrogen (secondary N) is 1. The molecule has 0 saturated heterocycles. The molecule has 2 heterocycles. The number of nitrogens with zero attached hydrogens (tertiary/aromatic N) is 2. The second-order valence-corrected chi connectivity index (χ2v) is 6.47. The van der Waals surface area contributed by atoms with Crippen LogP contribution in [0.3, 0.4) is 0 Å². The minimum Gasteiger partial charge on any atom is -0.370 e. The van der Waals surface area contributed by atoms with E-state index in [1.165, 1.54) is 24.1 Å². The molecule has 110 valence electrons. The van der Waals surface area contributed by atoms with Crippen molar-refractivity contribution in [2.45, 2.75) is 50.7 Å². The van der Waals surface area contributed by atoms with Crippen LogP contribution in [0.15, 0.2) is 0 Å². The maximum atomic E-state index is 5.91. The van der Waals surface area contributed by atoms with Crippen molar-refractivity contribution in [3.05, 3.63) is 17.1 Å². The lowest BCUT2D eigenvalue weighted by Crippen LogP contribution is -2.15. The van der Waals surface area contributed by atoms with Gasteiger partial charge in [0.2, 0.25) is 0 Å². The van der Waals surface area contributed by atoms with E-state index in [0.29, 0.717) is 5.92 Å². The van der Waals surface area contributed by atoms with Crippen LogP contribution >= 0.6 is 11.8 Å². The number of hydrogen-bond donors (Lipinski definition) is 1. The molecule has 1 fully saturated rings. The molecule has 1 atom stereocenters. The molecule has 1 aliphatic heterocycles. The van der Waals surface area contributed by atoms with E-state index in [1.54, 1.807) is 0 Å². The van der Waals surface area contributed by atoms with Gasteiger partial charge in [-0.05, 0) is 32.1 Å². The summed E-state index contributed by atoms with van der Waals surface area (Å²) in [5, 5.41) is 3.47. The quantitative estimate of drug-likeness (QED) is 0.833. The number of aromatic nitrogens is 2. The van der Waals surface area contributed by atoms with Crippen molar-refractivity contribution in [2.24, 2.45) is 5.92 Å². The molecule has 1 N–H and O–H groups in total. The monoisotopic (exact) mass is 293 g/mol. The van der Waals surface area contributed by atoms with Gasteiger partial charge in [0, 0.05) is 30.2 Å². The van der Waals surface area contributed by atoms with Crippen molar-refractivity contribution in [3.63, 3.8) is 0 Å². The van der Waals surface area contributed by atoms with E-state index in [9.17, 15) is 0 Å². The van der Waals surface area contributed by atoms with Crippen LogP contribution in [-0.4, -0.2) is 23.1 Å². The lowest BCUT2D eigenvalue weighted by atomic mass is 10.2. The van der Waals surface area contributed by atoms with Crippen LogP contribution in [-0.2, 0) is 16.2 Å². The summed E-state index contributed by atoms with van der Waals surface area (Å²) in [7, 11) is 0. The summed E-state index contributed by atoms with van der Waals surface area (Å²) in [6.45, 7) is 5.93. The Labute approximate surface area is 125 Å². The van der Waals surface area contributed by atoms with Crippen molar-refractivity contribution in [2.75, 3.05) is 18.5 Å². The summed E-state index contributed by atoms with van der Waals surface area (Å²) >= 11 is 1.92. The third-order valence-electron chi connectivity index (χ3n) is 3.79. The molecular weight excluding hydrogens is 270 g/mol. The van der Waals surface area contributed by atoms with E-state index >= 15 is 0 Å². The van der Waals surface area contributed by atoms with E-state index in [2.05, 4.69) is 19.2 Å². The zero-order chi connectivity index (χ0) is 13.9. The minimum absolute atomic E-state index is 0.0954. The van der Waals surface area contributed by atoms with Crippen LogP contribution < -0.4 is 5.32 Å². The number of fused-ring (bicyclic) bond motifs is 1. The normalized spacial score (nSPS) is 18.9. The van der Waals surface area contributed by atoms with Crippen LogP contribution in [0.5, 0.6) is 0 Å². The first-order valence-electron chi connectivity index (χ1n) is 7.66. The molecule has 0 radical (unpaired) electrons. The van der Waals surface area contributed by atoms with E-state index < -0.39 is 0 Å². The molecule has 5 heteroatoms. The number of anilines is 1. The molecule has 0 spiro atoms. The van der Waals surface area contributed by atoms with Crippen LogP contribution in [0.2, 0.25) is 0 Å². The summed E-state index contributed by atoms with van der Waals surface area (Å²) in [4.78, 5) is 9.61. The van der Waals surface area contributed by atoms with Gasteiger partial charge in [-0.25, -0.2) is 9.97 Å². The highest BCUT2D eigenvalue weighted by Gasteiger charge is 2.36. The standard InChI is InChI=1S/C15H23N3OS/c1-3-7-16-14-11-8-20-9-12(11)17-15(18-14)13(19-4-2)10-5-6-10/h10,13H,3-9H2,1-2H3,(H,16,17,18). The fraction of sp³-hybridized carbons (Fsp3) is 0.733. The Kier molecular flexibility index (Phi) is 4.46. The van der Waals surface area contributed by atoms with Gasteiger partial charge in [0.15, 0.2) is 5.82 Å². The topological polar surface area (TPSA) is 47.0 Å². The summed E-state index contributed by atoms with van der Waals surface area (Å²) in [6, 6.07) is 0. The summed E-state index contributed by atoms with van der Waals surface area (Å²) in [5.41, 5.74) is 2.52. The molecule has 1 aliphatic carbocycles. The second-order valence-electron chi connectivity index (χ2n) is 5.49. The predicted octanol–water partition coefficient (Wildman–Crippen LogP) is 3.53. The van der Waals surface area contributed by atoms with Gasteiger partial charge in [-0.3, -0.25) is 0 Å². The van der Waals surface area contributed by atoms with Crippen molar-refractivity contribution >= 4 is 17.6 Å². The molecule has 0 bridgehead atoms. The van der Waals surface area contributed by atoms with Gasteiger partial charge < -0.3 is 10.1 Å². The number of ether oxygens (including phenoxy) is 1. The average Bonchev–Trinajstić information content (AvgIpc) is 3.18. The van der Waals surface area contributed by atoms with Gasteiger partial charge in [-0.2, -0.15) is 11.8 Å². The smallest absolute Gasteiger partial charge is 0.160 e. The lowest BCUT2D eigenvalue weighted by molar-refractivity contribution is 0.0400. The second kappa shape index (κ2) is 6.31. The number of thioether (sulfide) groups is 1. The highest BCUT2D eigenvalue weighted by atomic mass is 32.2. The van der Waals surface area contributed by atoms with Crippen LogP contribution in [0.1, 0.15) is 56.3 Å². The van der Waals surface area contributed by atoms with Crippen LogP contribution in [0.25, 0.3) is 0 Å². The molecule has 4 nitrogen and oxygen atoms in total. The van der Waals surface area contributed by atoms with Crippen LogP contribution in [0, 0.1) is 5.92 Å². The first kappa shape index (κ1) is 14.1. The third kappa shape index (κ3) is 2.93. The van der Waals surface area contributed by atoms with Gasteiger partial charge >= 0.3 is 0 Å². The Morgan fingerprint density at radius 2 is 2.15 bits per heavy atom. The maximum Gasteiger partial charge on any atom is 0.160 e. The average molecular weight is 293 g/mol. The van der Waals surface area contributed by atoms with Crippen molar-refractivity contribution in [1.29, 1.82) is 0 Å². The fourth-order valence-corrected chi connectivity index (χ4v) is 3.63. The molecule has 20 heavy (non-hydrogen) atoms. The summed E-state index contributed by atoms with van der Waals surface area (Å²) < 4.78 is 5.91. The molecule has 1 saturated carbocycles. The molecular formula is C15H23N3OS. The van der Waals surface area contributed by atoms with E-state index in [0.717, 1.165) is 42.7 Å². The molecule has 1 aromatic rings. The Hall–Kier alpha value is -0.810. The Bertz CT molecular complexity index is 476. The number of hydrogen-bond acceptors (Lipinski definition) is 5.